The molecule has 0 saturated heterocycles. The van der Waals surface area contributed by atoms with E-state index in [0.29, 0.717) is 0 Å². The van der Waals surface area contributed by atoms with Gasteiger partial charge in [0.25, 0.3) is 0 Å². The van der Waals surface area contributed by atoms with Gasteiger partial charge in [-0.05, 0) is 153 Å². The topological polar surface area (TPSA) is 3.24 Å². The average molecular weight is 922 g/mol. The highest BCUT2D eigenvalue weighted by molar-refractivity contribution is 5.97. The smallest absolute Gasteiger partial charge is 0.0481 e. The van der Waals surface area contributed by atoms with Crippen LogP contribution in [-0.2, 0) is 17.4 Å². The molecule has 0 unspecified atom stereocenters. The average Bonchev–Trinajstić information content (AvgIpc) is 3.80. The Morgan fingerprint density at radius 2 is 0.667 bits per heavy atom. The van der Waals surface area contributed by atoms with E-state index in [-0.39, 0.29) is 10.8 Å². The second kappa shape index (κ2) is 17.1. The number of benzene rings is 11. The minimum atomic E-state index is -0.176. The van der Waals surface area contributed by atoms with Gasteiger partial charge in [0.15, 0.2) is 0 Å². The Morgan fingerprint density at radius 1 is 0.278 bits per heavy atom. The van der Waals surface area contributed by atoms with Gasteiger partial charge in [-0.1, -0.05) is 240 Å². The van der Waals surface area contributed by atoms with Gasteiger partial charge < -0.3 is 4.90 Å². The van der Waals surface area contributed by atoms with E-state index in [9.17, 15) is 0 Å². The van der Waals surface area contributed by atoms with Gasteiger partial charge in [0.2, 0.25) is 0 Å². The van der Waals surface area contributed by atoms with Crippen LogP contribution in [0, 0.1) is 0 Å². The third kappa shape index (κ3) is 7.39. The second-order valence-corrected chi connectivity index (χ2v) is 20.9. The van der Waals surface area contributed by atoms with E-state index in [1.807, 2.05) is 0 Å². The maximum atomic E-state index is 2.52. The van der Waals surface area contributed by atoms with E-state index in [1.54, 1.807) is 0 Å². The van der Waals surface area contributed by atoms with Crippen LogP contribution in [0.5, 0.6) is 0 Å². The molecule has 0 fully saturated rings. The first kappa shape index (κ1) is 43.5. The van der Waals surface area contributed by atoms with Crippen LogP contribution >= 0.6 is 0 Å². The molecule has 0 bridgehead atoms. The normalized spacial score (nSPS) is 13.6. The molecule has 13 rings (SSSR count). The maximum absolute atomic E-state index is 2.52. The Bertz CT molecular complexity index is 3840. The zero-order valence-electron chi connectivity index (χ0n) is 41.3. The third-order valence-corrected chi connectivity index (χ3v) is 16.0. The van der Waals surface area contributed by atoms with Crippen LogP contribution in [0.4, 0.5) is 11.4 Å². The largest absolute Gasteiger partial charge is 0.337 e. The Hall–Kier alpha value is -8.52. The van der Waals surface area contributed by atoms with E-state index in [1.165, 1.54) is 128 Å². The highest BCUT2D eigenvalue weighted by Gasteiger charge is 2.38. The molecular weight excluding hydrogens is 867 g/mol. The molecule has 72 heavy (non-hydrogen) atoms. The quantitative estimate of drug-likeness (QED) is 0.139. The molecule has 0 spiro atoms. The molecule has 0 radical (unpaired) electrons. The van der Waals surface area contributed by atoms with Crippen molar-refractivity contribution in [2.24, 2.45) is 0 Å². The molecule has 0 atom stereocenters. The number of hydrogen-bond acceptors (Lipinski definition) is 1. The highest BCUT2D eigenvalue weighted by Crippen LogP contribution is 2.53. The molecule has 1 heteroatoms. The van der Waals surface area contributed by atoms with Crippen LogP contribution in [-0.4, -0.2) is 0 Å². The fourth-order valence-electron chi connectivity index (χ4n) is 11.9. The van der Waals surface area contributed by atoms with Crippen molar-refractivity contribution >= 4 is 22.1 Å². The van der Waals surface area contributed by atoms with Gasteiger partial charge in [-0.3, -0.25) is 0 Å². The minimum absolute atomic E-state index is 0.173. The van der Waals surface area contributed by atoms with E-state index in [2.05, 4.69) is 281 Å². The Morgan fingerprint density at radius 3 is 1.25 bits per heavy atom. The van der Waals surface area contributed by atoms with Gasteiger partial charge >= 0.3 is 0 Å². The molecule has 0 amide bonds. The SMILES string of the molecule is CC1(C)c2cc(CN(c3ccc(-c4ccc(-c5ccccc5)cc4)cc3)c3ccc4c(c3)C(C)(C)c3cc(-c5ccccc5)ccc3-4)ccc2-c2ccc(-c3ccc(-c4cccc5ccccc45)cc3)cc21. The first-order valence-electron chi connectivity index (χ1n) is 25.4. The number of rotatable bonds is 9. The molecule has 0 saturated carbocycles. The van der Waals surface area contributed by atoms with Crippen LogP contribution < -0.4 is 4.90 Å². The van der Waals surface area contributed by atoms with Crippen molar-refractivity contribution in [3.8, 4) is 77.9 Å². The van der Waals surface area contributed by atoms with Crippen LogP contribution in [0.15, 0.2) is 249 Å². The fourth-order valence-corrected chi connectivity index (χ4v) is 11.9. The van der Waals surface area contributed by atoms with E-state index in [0.717, 1.165) is 6.54 Å². The van der Waals surface area contributed by atoms with Gasteiger partial charge in [-0.2, -0.15) is 0 Å². The van der Waals surface area contributed by atoms with E-state index >= 15 is 0 Å². The molecule has 11 aromatic carbocycles. The highest BCUT2D eigenvalue weighted by atomic mass is 15.1. The lowest BCUT2D eigenvalue weighted by Crippen LogP contribution is -2.20. The minimum Gasteiger partial charge on any atom is -0.337 e. The fraction of sp³-hybridized carbons (Fsp3) is 0.0986. The summed E-state index contributed by atoms with van der Waals surface area (Å²) in [5.41, 5.74) is 26.5. The number of anilines is 2. The first-order chi connectivity index (χ1) is 35.2. The summed E-state index contributed by atoms with van der Waals surface area (Å²) in [6, 6.07) is 92.5. The van der Waals surface area contributed by atoms with E-state index in [4.69, 9.17) is 0 Å². The van der Waals surface area contributed by atoms with Crippen LogP contribution in [0.25, 0.3) is 88.7 Å². The summed E-state index contributed by atoms with van der Waals surface area (Å²) in [5.74, 6) is 0. The molecule has 2 aliphatic rings. The zero-order valence-corrected chi connectivity index (χ0v) is 41.3. The first-order valence-corrected chi connectivity index (χ1v) is 25.4. The molecule has 2 aliphatic carbocycles. The standard InChI is InChI=1S/C71H55N/c1-70(2)66-42-47(22-38-62(66)63-40-34-57(44-67(63)70)53-27-29-55(30-28-53)61-21-13-19-54-18-11-12-20-60(54)61)46-72(58-35-31-52(32-36-58)51-25-23-50(24-26-51)48-14-7-5-8-15-48)59-37-41-65-64-39-33-56(49-16-9-6-10-17-49)43-68(64)71(3,4)69(65)45-59/h5-45H,46H2,1-4H3. The molecule has 0 aliphatic heterocycles. The summed E-state index contributed by atoms with van der Waals surface area (Å²) in [6.45, 7) is 10.3. The number of nitrogens with zero attached hydrogens (tertiary/aromatic N) is 1. The van der Waals surface area contributed by atoms with Crippen LogP contribution in [0.2, 0.25) is 0 Å². The maximum Gasteiger partial charge on any atom is 0.0481 e. The van der Waals surface area contributed by atoms with Gasteiger partial charge in [0, 0.05) is 28.7 Å². The van der Waals surface area contributed by atoms with Crippen molar-refractivity contribution in [2.45, 2.75) is 45.1 Å². The predicted octanol–water partition coefficient (Wildman–Crippen LogP) is 19.1. The van der Waals surface area contributed by atoms with Crippen LogP contribution in [0.3, 0.4) is 0 Å². The third-order valence-electron chi connectivity index (χ3n) is 16.0. The van der Waals surface area contributed by atoms with Crippen molar-refractivity contribution in [1.82, 2.24) is 0 Å². The van der Waals surface area contributed by atoms with Gasteiger partial charge in [-0.15, -0.1) is 0 Å². The molecule has 344 valence electrons. The monoisotopic (exact) mass is 921 g/mol. The van der Waals surface area contributed by atoms with E-state index < -0.39 is 0 Å². The number of fused-ring (bicyclic) bond motifs is 7. The molecule has 0 N–H and O–H groups in total. The molecule has 1 nitrogen and oxygen atoms in total. The molecule has 0 heterocycles. The summed E-state index contributed by atoms with van der Waals surface area (Å²) in [5, 5.41) is 2.55. The molecule has 0 aromatic heterocycles. The van der Waals surface area contributed by atoms with Gasteiger partial charge in [0.1, 0.15) is 0 Å². The molecule has 11 aromatic rings. The lowest BCUT2D eigenvalue weighted by atomic mass is 9.81. The summed E-state index contributed by atoms with van der Waals surface area (Å²) in [7, 11) is 0. The summed E-state index contributed by atoms with van der Waals surface area (Å²) >= 11 is 0. The number of hydrogen-bond donors (Lipinski definition) is 0. The summed E-state index contributed by atoms with van der Waals surface area (Å²) in [4.78, 5) is 2.52. The van der Waals surface area contributed by atoms with Crippen LogP contribution in [0.1, 0.15) is 55.5 Å². The lowest BCUT2D eigenvalue weighted by Gasteiger charge is -2.29. The second-order valence-electron chi connectivity index (χ2n) is 20.9. The van der Waals surface area contributed by atoms with Crippen molar-refractivity contribution in [2.75, 3.05) is 4.90 Å². The Labute approximate surface area is 424 Å². The lowest BCUT2D eigenvalue weighted by molar-refractivity contribution is 0.658. The van der Waals surface area contributed by atoms with Gasteiger partial charge in [0.05, 0.1) is 0 Å². The predicted molar refractivity (Wildman–Crippen MR) is 305 cm³/mol. The van der Waals surface area contributed by atoms with Gasteiger partial charge in [-0.25, -0.2) is 0 Å². The summed E-state index contributed by atoms with van der Waals surface area (Å²) in [6.07, 6.45) is 0. The van der Waals surface area contributed by atoms with Crippen molar-refractivity contribution < 1.29 is 0 Å². The van der Waals surface area contributed by atoms with Crippen molar-refractivity contribution in [1.29, 1.82) is 0 Å². The Kier molecular flexibility index (Phi) is 10.3. The van der Waals surface area contributed by atoms with Crippen molar-refractivity contribution in [3.63, 3.8) is 0 Å². The zero-order chi connectivity index (χ0) is 48.6. The van der Waals surface area contributed by atoms with Crippen molar-refractivity contribution in [3.05, 3.63) is 277 Å². The summed E-state index contributed by atoms with van der Waals surface area (Å²) < 4.78 is 0. The Balaban J connectivity index is 0.834. The molecular formula is C71H55N.